The van der Waals surface area contributed by atoms with E-state index >= 15 is 0 Å². The standard InChI is InChI=1S/C17H20N4O2/c1-12-14(19-17(23-12)16-6-4-8-22-16)11-21-7-3-5-15(21)13-9-18-20(2)10-13/h4,6,8-10,15H,3,5,7,11H2,1-2H3/t15-/m0/s1. The molecule has 6 heteroatoms. The van der Waals surface area contributed by atoms with Crippen LogP contribution < -0.4 is 0 Å². The van der Waals surface area contributed by atoms with E-state index in [-0.39, 0.29) is 0 Å². The summed E-state index contributed by atoms with van der Waals surface area (Å²) < 4.78 is 13.0. The van der Waals surface area contributed by atoms with Gasteiger partial charge in [-0.1, -0.05) is 0 Å². The van der Waals surface area contributed by atoms with Gasteiger partial charge in [-0.15, -0.1) is 0 Å². The Balaban J connectivity index is 1.55. The Labute approximate surface area is 134 Å². The van der Waals surface area contributed by atoms with Crippen molar-refractivity contribution in [2.75, 3.05) is 6.54 Å². The molecule has 0 aliphatic carbocycles. The maximum Gasteiger partial charge on any atom is 0.263 e. The average Bonchev–Trinajstić information content (AvgIpc) is 3.28. The van der Waals surface area contributed by atoms with Crippen LogP contribution in [-0.2, 0) is 13.6 Å². The molecule has 0 spiro atoms. The number of nitrogens with zero attached hydrogens (tertiary/aromatic N) is 4. The van der Waals surface area contributed by atoms with Crippen LogP contribution in [0.2, 0.25) is 0 Å². The van der Waals surface area contributed by atoms with Gasteiger partial charge in [0, 0.05) is 31.4 Å². The lowest BCUT2D eigenvalue weighted by atomic mass is 10.1. The minimum Gasteiger partial charge on any atom is -0.459 e. The van der Waals surface area contributed by atoms with Crippen LogP contribution in [0.4, 0.5) is 0 Å². The lowest BCUT2D eigenvalue weighted by molar-refractivity contribution is 0.244. The molecule has 0 aromatic carbocycles. The summed E-state index contributed by atoms with van der Waals surface area (Å²) >= 11 is 0. The molecular weight excluding hydrogens is 292 g/mol. The van der Waals surface area contributed by atoms with Gasteiger partial charge in [0.15, 0.2) is 5.76 Å². The van der Waals surface area contributed by atoms with E-state index in [0.29, 0.717) is 17.7 Å². The van der Waals surface area contributed by atoms with Gasteiger partial charge in [0.1, 0.15) is 5.76 Å². The van der Waals surface area contributed by atoms with E-state index in [4.69, 9.17) is 8.83 Å². The molecule has 1 aliphatic heterocycles. The molecule has 0 bridgehead atoms. The molecule has 4 rings (SSSR count). The monoisotopic (exact) mass is 312 g/mol. The van der Waals surface area contributed by atoms with Gasteiger partial charge in [-0.25, -0.2) is 4.98 Å². The maximum absolute atomic E-state index is 5.77. The van der Waals surface area contributed by atoms with Gasteiger partial charge in [-0.3, -0.25) is 9.58 Å². The second-order valence-corrected chi connectivity index (χ2v) is 6.08. The Kier molecular flexibility index (Phi) is 3.53. The highest BCUT2D eigenvalue weighted by Crippen LogP contribution is 2.33. The van der Waals surface area contributed by atoms with E-state index in [1.54, 1.807) is 6.26 Å². The topological polar surface area (TPSA) is 60.2 Å². The lowest BCUT2D eigenvalue weighted by Crippen LogP contribution is -2.23. The van der Waals surface area contributed by atoms with E-state index in [0.717, 1.165) is 31.0 Å². The minimum atomic E-state index is 0.409. The number of rotatable bonds is 4. The van der Waals surface area contributed by atoms with Crippen molar-refractivity contribution in [3.8, 4) is 11.7 Å². The second-order valence-electron chi connectivity index (χ2n) is 6.08. The minimum absolute atomic E-state index is 0.409. The molecule has 1 saturated heterocycles. The molecule has 23 heavy (non-hydrogen) atoms. The first-order chi connectivity index (χ1) is 11.2. The molecule has 4 heterocycles. The summed E-state index contributed by atoms with van der Waals surface area (Å²) in [4.78, 5) is 7.08. The summed E-state index contributed by atoms with van der Waals surface area (Å²) in [6.07, 6.45) is 8.06. The van der Waals surface area contributed by atoms with Crippen molar-refractivity contribution in [1.29, 1.82) is 0 Å². The van der Waals surface area contributed by atoms with Gasteiger partial charge in [-0.05, 0) is 38.4 Å². The zero-order chi connectivity index (χ0) is 15.8. The second kappa shape index (κ2) is 5.70. The SMILES string of the molecule is Cc1oc(-c2ccco2)nc1CN1CCC[C@H]1c1cnn(C)c1. The summed E-state index contributed by atoms with van der Waals surface area (Å²) in [5, 5.41) is 4.30. The van der Waals surface area contributed by atoms with Gasteiger partial charge in [0.25, 0.3) is 5.89 Å². The third-order valence-corrected chi connectivity index (χ3v) is 4.45. The van der Waals surface area contributed by atoms with Crippen molar-refractivity contribution in [2.24, 2.45) is 7.05 Å². The van der Waals surface area contributed by atoms with Crippen LogP contribution >= 0.6 is 0 Å². The van der Waals surface area contributed by atoms with Crippen LogP contribution in [0.1, 0.15) is 35.9 Å². The quantitative estimate of drug-likeness (QED) is 0.739. The highest BCUT2D eigenvalue weighted by Gasteiger charge is 2.28. The first kappa shape index (κ1) is 14.3. The number of hydrogen-bond donors (Lipinski definition) is 0. The smallest absolute Gasteiger partial charge is 0.263 e. The summed E-state index contributed by atoms with van der Waals surface area (Å²) in [6.45, 7) is 3.82. The molecule has 6 nitrogen and oxygen atoms in total. The molecule has 1 aliphatic rings. The third kappa shape index (κ3) is 2.70. The highest BCUT2D eigenvalue weighted by atomic mass is 16.4. The predicted octanol–water partition coefficient (Wildman–Crippen LogP) is 3.31. The fourth-order valence-corrected chi connectivity index (χ4v) is 3.28. The predicted molar refractivity (Wildman–Crippen MR) is 84.5 cm³/mol. The van der Waals surface area contributed by atoms with E-state index in [2.05, 4.69) is 21.2 Å². The number of oxazole rings is 1. The van der Waals surface area contributed by atoms with Crippen molar-refractivity contribution in [2.45, 2.75) is 32.4 Å². The molecule has 0 radical (unpaired) electrons. The summed E-state index contributed by atoms with van der Waals surface area (Å²) in [5.74, 6) is 2.08. The van der Waals surface area contributed by atoms with Crippen molar-refractivity contribution in [3.63, 3.8) is 0 Å². The van der Waals surface area contributed by atoms with E-state index < -0.39 is 0 Å². The zero-order valence-corrected chi connectivity index (χ0v) is 13.4. The van der Waals surface area contributed by atoms with Crippen molar-refractivity contribution in [1.82, 2.24) is 19.7 Å². The average molecular weight is 312 g/mol. The van der Waals surface area contributed by atoms with Crippen LogP contribution in [0, 0.1) is 6.92 Å². The molecule has 0 unspecified atom stereocenters. The van der Waals surface area contributed by atoms with Crippen molar-refractivity contribution < 1.29 is 8.83 Å². The number of hydrogen-bond acceptors (Lipinski definition) is 5. The summed E-state index contributed by atoms with van der Waals surface area (Å²) in [5.41, 5.74) is 2.25. The molecule has 120 valence electrons. The fourth-order valence-electron chi connectivity index (χ4n) is 3.28. The normalized spacial score (nSPS) is 18.8. The van der Waals surface area contributed by atoms with Crippen molar-refractivity contribution >= 4 is 0 Å². The fraction of sp³-hybridized carbons (Fsp3) is 0.412. The number of furan rings is 1. The number of aromatic nitrogens is 3. The third-order valence-electron chi connectivity index (χ3n) is 4.45. The molecule has 1 fully saturated rings. The summed E-state index contributed by atoms with van der Waals surface area (Å²) in [7, 11) is 1.96. The van der Waals surface area contributed by atoms with E-state index in [1.807, 2.05) is 37.0 Å². The van der Waals surface area contributed by atoms with Crippen LogP contribution in [0.5, 0.6) is 0 Å². The molecule has 0 N–H and O–H groups in total. The Hall–Kier alpha value is -2.34. The Morgan fingerprint density at radius 3 is 3.04 bits per heavy atom. The van der Waals surface area contributed by atoms with Crippen LogP contribution in [-0.4, -0.2) is 26.2 Å². The lowest BCUT2D eigenvalue weighted by Gasteiger charge is -2.22. The van der Waals surface area contributed by atoms with Gasteiger partial charge in [0.2, 0.25) is 0 Å². The molecule has 3 aromatic heterocycles. The van der Waals surface area contributed by atoms with Crippen LogP contribution in [0.3, 0.4) is 0 Å². The Morgan fingerprint density at radius 2 is 2.30 bits per heavy atom. The largest absolute Gasteiger partial charge is 0.459 e. The first-order valence-electron chi connectivity index (χ1n) is 7.93. The molecule has 0 amide bonds. The van der Waals surface area contributed by atoms with Crippen molar-refractivity contribution in [3.05, 3.63) is 47.8 Å². The highest BCUT2D eigenvalue weighted by molar-refractivity contribution is 5.44. The first-order valence-corrected chi connectivity index (χ1v) is 7.93. The number of aryl methyl sites for hydroxylation is 2. The molecule has 3 aromatic rings. The van der Waals surface area contributed by atoms with E-state index in [9.17, 15) is 0 Å². The van der Waals surface area contributed by atoms with Gasteiger partial charge in [-0.2, -0.15) is 5.10 Å². The molecule has 0 saturated carbocycles. The summed E-state index contributed by atoms with van der Waals surface area (Å²) in [6, 6.07) is 4.11. The number of likely N-dealkylation sites (tertiary alicyclic amines) is 1. The van der Waals surface area contributed by atoms with Crippen LogP contribution in [0.25, 0.3) is 11.7 Å². The maximum atomic E-state index is 5.77. The van der Waals surface area contributed by atoms with Gasteiger partial charge in [0.05, 0.1) is 18.2 Å². The van der Waals surface area contributed by atoms with Gasteiger partial charge < -0.3 is 8.83 Å². The zero-order valence-electron chi connectivity index (χ0n) is 13.4. The van der Waals surface area contributed by atoms with Gasteiger partial charge >= 0.3 is 0 Å². The Bertz CT molecular complexity index is 787. The van der Waals surface area contributed by atoms with E-state index in [1.165, 1.54) is 12.0 Å². The molecular formula is C17H20N4O2. The Morgan fingerprint density at radius 1 is 1.39 bits per heavy atom. The van der Waals surface area contributed by atoms with Crippen LogP contribution in [0.15, 0.2) is 39.6 Å². The molecule has 1 atom stereocenters.